The molecule has 0 aliphatic carbocycles. The normalized spacial score (nSPS) is 11.5. The first-order valence-electron chi connectivity index (χ1n) is 29.4. The van der Waals surface area contributed by atoms with Gasteiger partial charge in [-0.2, -0.15) is 0 Å². The lowest BCUT2D eigenvalue weighted by molar-refractivity contribution is 0.670. The molecule has 0 amide bonds. The lowest BCUT2D eigenvalue weighted by Crippen LogP contribution is -2.14. The number of furan rings is 1. The van der Waals surface area contributed by atoms with Gasteiger partial charge in [0.1, 0.15) is 11.2 Å². The highest BCUT2D eigenvalue weighted by Crippen LogP contribution is 2.47. The average molecular weight is 1100 g/mol. The molecule has 0 aliphatic rings. The molecular formula is C82H55N3O. The Morgan fingerprint density at radius 1 is 0.233 bits per heavy atom. The Bertz CT molecular complexity index is 5090. The molecule has 4 nitrogen and oxygen atoms in total. The predicted molar refractivity (Wildman–Crippen MR) is 362 cm³/mol. The van der Waals surface area contributed by atoms with Crippen LogP contribution in [0.4, 0.5) is 34.1 Å². The van der Waals surface area contributed by atoms with E-state index >= 15 is 0 Å². The summed E-state index contributed by atoms with van der Waals surface area (Å²) in [5, 5.41) is 7.02. The number of nitrogens with zero attached hydrogens (tertiary/aromatic N) is 3. The summed E-state index contributed by atoms with van der Waals surface area (Å²) in [7, 11) is 0. The van der Waals surface area contributed by atoms with Gasteiger partial charge in [-0.25, -0.2) is 0 Å². The zero-order chi connectivity index (χ0) is 56.9. The summed E-state index contributed by atoms with van der Waals surface area (Å²) in [6.07, 6.45) is 0. The summed E-state index contributed by atoms with van der Waals surface area (Å²) >= 11 is 0. The van der Waals surface area contributed by atoms with E-state index in [9.17, 15) is 0 Å². The standard InChI is InChI=1S/C82H55N3O/c1-6-21-56(22-7-1)64-47-65(57-23-8-2-9-24-57)50-71(49-64)84(73-52-66(58-25-10-3-11-26-58)51-72(55-73)83(67-29-12-4-13-30-67)70-44-37-59-27-16-17-28-61(59)48-70)69-42-38-60(39-43-69)74-34-20-35-77-78-53-62(41-46-81(78)86-82(74)77)63-40-45-76-75-33-18-19-36-79(75)85(80(76)54-63)68-31-14-5-15-32-68/h1-55H. The molecule has 0 atom stereocenters. The summed E-state index contributed by atoms with van der Waals surface area (Å²) in [6, 6.07) is 121. The van der Waals surface area contributed by atoms with Crippen molar-refractivity contribution in [1.82, 2.24) is 4.57 Å². The summed E-state index contributed by atoms with van der Waals surface area (Å²) in [4.78, 5) is 4.82. The van der Waals surface area contributed by atoms with Crippen LogP contribution >= 0.6 is 0 Å². The fourth-order valence-corrected chi connectivity index (χ4v) is 12.8. The van der Waals surface area contributed by atoms with Crippen LogP contribution in [0, 0.1) is 0 Å². The molecule has 0 fully saturated rings. The molecule has 14 aromatic carbocycles. The Kier molecular flexibility index (Phi) is 12.5. The summed E-state index contributed by atoms with van der Waals surface area (Å²) in [5.41, 5.74) is 22.6. The van der Waals surface area contributed by atoms with Crippen LogP contribution in [0.5, 0.6) is 0 Å². The lowest BCUT2D eigenvalue weighted by Gasteiger charge is -2.31. The second-order valence-electron chi connectivity index (χ2n) is 22.1. The second-order valence-corrected chi connectivity index (χ2v) is 22.1. The third-order valence-electron chi connectivity index (χ3n) is 16.9. The van der Waals surface area contributed by atoms with Crippen LogP contribution in [0.2, 0.25) is 0 Å². The maximum atomic E-state index is 6.91. The van der Waals surface area contributed by atoms with E-state index in [2.05, 4.69) is 348 Å². The van der Waals surface area contributed by atoms with E-state index in [1.165, 1.54) is 32.6 Å². The Balaban J connectivity index is 0.854. The summed E-state index contributed by atoms with van der Waals surface area (Å²) in [6.45, 7) is 0. The number of fused-ring (bicyclic) bond motifs is 7. The number of hydrogen-bond donors (Lipinski definition) is 0. The number of hydrogen-bond acceptors (Lipinski definition) is 3. The van der Waals surface area contributed by atoms with Gasteiger partial charge in [0.05, 0.1) is 11.0 Å². The van der Waals surface area contributed by atoms with Crippen molar-refractivity contribution in [3.63, 3.8) is 0 Å². The van der Waals surface area contributed by atoms with E-state index < -0.39 is 0 Å². The first kappa shape index (κ1) is 50.3. The predicted octanol–water partition coefficient (Wildman–Crippen LogP) is 23.1. The van der Waals surface area contributed by atoms with Crippen LogP contribution in [0.15, 0.2) is 338 Å². The number of aromatic nitrogens is 1. The van der Waals surface area contributed by atoms with Crippen molar-refractivity contribution in [3.05, 3.63) is 334 Å². The lowest BCUT2D eigenvalue weighted by atomic mass is 9.96. The third-order valence-corrected chi connectivity index (χ3v) is 16.9. The highest BCUT2D eigenvalue weighted by atomic mass is 16.3. The molecule has 2 aromatic heterocycles. The molecule has 404 valence electrons. The Morgan fingerprint density at radius 2 is 0.721 bits per heavy atom. The molecule has 0 spiro atoms. The van der Waals surface area contributed by atoms with Crippen LogP contribution in [-0.2, 0) is 0 Å². The molecule has 16 aromatic rings. The van der Waals surface area contributed by atoms with Crippen LogP contribution in [0.3, 0.4) is 0 Å². The van der Waals surface area contributed by atoms with Gasteiger partial charge in [-0.05, 0) is 170 Å². The van der Waals surface area contributed by atoms with Crippen molar-refractivity contribution >= 4 is 88.6 Å². The zero-order valence-corrected chi connectivity index (χ0v) is 47.0. The molecule has 0 saturated carbocycles. The van der Waals surface area contributed by atoms with E-state index in [1.807, 2.05) is 0 Å². The van der Waals surface area contributed by atoms with E-state index in [1.54, 1.807) is 0 Å². The summed E-state index contributed by atoms with van der Waals surface area (Å²) in [5.74, 6) is 0. The van der Waals surface area contributed by atoms with Crippen molar-refractivity contribution in [3.8, 4) is 61.3 Å². The van der Waals surface area contributed by atoms with Gasteiger partial charge in [-0.15, -0.1) is 0 Å². The van der Waals surface area contributed by atoms with Crippen LogP contribution in [-0.4, -0.2) is 4.57 Å². The molecule has 0 bridgehead atoms. The largest absolute Gasteiger partial charge is 0.455 e. The van der Waals surface area contributed by atoms with Crippen LogP contribution in [0.1, 0.15) is 0 Å². The molecule has 0 unspecified atom stereocenters. The second kappa shape index (κ2) is 21.4. The maximum absolute atomic E-state index is 6.91. The first-order chi connectivity index (χ1) is 42.6. The SMILES string of the molecule is c1ccc(-c2cc(-c3ccccc3)cc(N(c3ccc(-c4cccc5c4oc4ccc(-c6ccc7c8ccccc8n(-c8ccccc8)c7c6)cc45)cc3)c3cc(-c4ccccc4)cc(N(c4ccccc4)c4ccc5ccccc5c4)c3)c2)cc1. The van der Waals surface area contributed by atoms with E-state index in [-0.39, 0.29) is 0 Å². The molecule has 0 radical (unpaired) electrons. The number of anilines is 6. The highest BCUT2D eigenvalue weighted by molar-refractivity contribution is 6.12. The van der Waals surface area contributed by atoms with Crippen molar-refractivity contribution in [2.24, 2.45) is 0 Å². The van der Waals surface area contributed by atoms with Crippen molar-refractivity contribution in [2.45, 2.75) is 0 Å². The van der Waals surface area contributed by atoms with Crippen LogP contribution in [0.25, 0.3) is 116 Å². The third kappa shape index (κ3) is 9.14. The minimum absolute atomic E-state index is 0.855. The van der Waals surface area contributed by atoms with Crippen LogP contribution < -0.4 is 9.80 Å². The average Bonchev–Trinajstić information content (AvgIpc) is 1.89. The van der Waals surface area contributed by atoms with E-state index in [0.29, 0.717) is 0 Å². The first-order valence-corrected chi connectivity index (χ1v) is 29.4. The van der Waals surface area contributed by atoms with Gasteiger partial charge >= 0.3 is 0 Å². The monoisotopic (exact) mass is 1100 g/mol. The molecule has 4 heteroatoms. The van der Waals surface area contributed by atoms with E-state index in [0.717, 1.165) is 117 Å². The molecule has 0 saturated heterocycles. The highest BCUT2D eigenvalue weighted by Gasteiger charge is 2.23. The molecule has 86 heavy (non-hydrogen) atoms. The van der Waals surface area contributed by atoms with Gasteiger partial charge in [0, 0.05) is 66.9 Å². The summed E-state index contributed by atoms with van der Waals surface area (Å²) < 4.78 is 9.29. The fraction of sp³-hybridized carbons (Fsp3) is 0. The van der Waals surface area contributed by atoms with Gasteiger partial charge in [0.2, 0.25) is 0 Å². The van der Waals surface area contributed by atoms with E-state index in [4.69, 9.17) is 4.42 Å². The minimum atomic E-state index is 0.855. The van der Waals surface area contributed by atoms with Gasteiger partial charge in [0.15, 0.2) is 0 Å². The number of para-hydroxylation sites is 4. The van der Waals surface area contributed by atoms with Gasteiger partial charge in [0.25, 0.3) is 0 Å². The molecule has 2 heterocycles. The Morgan fingerprint density at radius 3 is 1.40 bits per heavy atom. The molecule has 16 rings (SSSR count). The Hall–Kier alpha value is -11.5. The topological polar surface area (TPSA) is 24.6 Å². The minimum Gasteiger partial charge on any atom is -0.455 e. The fourth-order valence-electron chi connectivity index (χ4n) is 12.8. The van der Waals surface area contributed by atoms with Gasteiger partial charge < -0.3 is 18.8 Å². The zero-order valence-electron chi connectivity index (χ0n) is 47.0. The quantitative estimate of drug-likeness (QED) is 0.122. The van der Waals surface area contributed by atoms with Gasteiger partial charge in [-0.1, -0.05) is 224 Å². The molecular weight excluding hydrogens is 1040 g/mol. The van der Waals surface area contributed by atoms with Crippen molar-refractivity contribution in [1.29, 1.82) is 0 Å². The number of benzene rings is 14. The molecule has 0 N–H and O–H groups in total. The molecule has 0 aliphatic heterocycles. The van der Waals surface area contributed by atoms with Crippen molar-refractivity contribution in [2.75, 3.05) is 9.80 Å². The van der Waals surface area contributed by atoms with Crippen molar-refractivity contribution < 1.29 is 4.42 Å². The maximum Gasteiger partial charge on any atom is 0.143 e. The Labute approximate surface area is 499 Å². The smallest absolute Gasteiger partial charge is 0.143 e. The number of rotatable bonds is 12. The van der Waals surface area contributed by atoms with Gasteiger partial charge in [-0.3, -0.25) is 0 Å².